The molecule has 0 spiro atoms. The molecule has 2 N–H and O–H groups in total. The highest BCUT2D eigenvalue weighted by molar-refractivity contribution is 7.93. The molecule has 0 fully saturated rings. The summed E-state index contributed by atoms with van der Waals surface area (Å²) in [6, 6.07) is 5.16. The number of hydrogen-bond acceptors (Lipinski definition) is 5. The molecule has 114 valence electrons. The lowest BCUT2D eigenvalue weighted by molar-refractivity contribution is 0.601. The van der Waals surface area contributed by atoms with Gasteiger partial charge in [0, 0.05) is 11.9 Å². The Morgan fingerprint density at radius 1 is 1.29 bits per heavy atom. The van der Waals surface area contributed by atoms with Crippen LogP contribution in [0.15, 0.2) is 28.5 Å². The Kier molecular flexibility index (Phi) is 4.97. The molecule has 1 aromatic heterocycles. The van der Waals surface area contributed by atoms with Crippen LogP contribution in [0, 0.1) is 13.8 Å². The lowest BCUT2D eigenvalue weighted by atomic mass is 10.1. The summed E-state index contributed by atoms with van der Waals surface area (Å²) < 4.78 is 27.3. The van der Waals surface area contributed by atoms with Gasteiger partial charge in [-0.2, -0.15) is 0 Å². The number of nitrogens with one attached hydrogen (secondary N) is 2. The number of anilines is 1. The third-order valence-corrected chi connectivity index (χ3v) is 5.38. The Morgan fingerprint density at radius 3 is 2.67 bits per heavy atom. The van der Waals surface area contributed by atoms with Crippen LogP contribution < -0.4 is 10.0 Å². The van der Waals surface area contributed by atoms with E-state index < -0.39 is 10.0 Å². The smallest absolute Gasteiger partial charge is 0.263 e. The van der Waals surface area contributed by atoms with Crippen molar-refractivity contribution in [1.29, 1.82) is 0 Å². The fourth-order valence-corrected chi connectivity index (χ4v) is 3.83. The van der Waals surface area contributed by atoms with Gasteiger partial charge >= 0.3 is 0 Å². The second-order valence-corrected chi connectivity index (χ2v) is 7.31. The molecule has 0 unspecified atom stereocenters. The molecule has 0 aliphatic carbocycles. The number of thiazole rings is 1. The van der Waals surface area contributed by atoms with Gasteiger partial charge in [-0.3, -0.25) is 4.72 Å². The van der Waals surface area contributed by atoms with E-state index >= 15 is 0 Å². The minimum atomic E-state index is -3.59. The van der Waals surface area contributed by atoms with E-state index in [1.54, 1.807) is 12.1 Å². The van der Waals surface area contributed by atoms with Crippen molar-refractivity contribution >= 4 is 26.5 Å². The second-order valence-electron chi connectivity index (χ2n) is 4.77. The molecule has 1 aromatic carbocycles. The SMILES string of the molecule is CCNCc1cc(S(=O)(=O)Nc2nc(C)cs2)ccc1C. The third-order valence-electron chi connectivity index (χ3n) is 3.04. The molecular weight excluding hydrogens is 306 g/mol. The fraction of sp³-hybridized carbons (Fsp3) is 0.357. The molecule has 0 atom stereocenters. The monoisotopic (exact) mass is 325 g/mol. The van der Waals surface area contributed by atoms with Gasteiger partial charge < -0.3 is 5.32 Å². The Bertz CT molecular complexity index is 724. The molecule has 0 saturated carbocycles. The Balaban J connectivity index is 2.27. The van der Waals surface area contributed by atoms with Crippen LogP contribution in [-0.4, -0.2) is 19.9 Å². The summed E-state index contributed by atoms with van der Waals surface area (Å²) in [6.45, 7) is 7.31. The molecule has 7 heteroatoms. The molecule has 0 aliphatic rings. The first-order valence-electron chi connectivity index (χ1n) is 6.67. The molecule has 1 heterocycles. The van der Waals surface area contributed by atoms with Gasteiger partial charge in [0.05, 0.1) is 10.6 Å². The fourth-order valence-electron chi connectivity index (χ4n) is 1.84. The zero-order chi connectivity index (χ0) is 15.5. The highest BCUT2D eigenvalue weighted by Gasteiger charge is 2.17. The second kappa shape index (κ2) is 6.55. The van der Waals surface area contributed by atoms with Crippen molar-refractivity contribution in [2.75, 3.05) is 11.3 Å². The van der Waals surface area contributed by atoms with Crippen LogP contribution in [0.4, 0.5) is 5.13 Å². The molecule has 0 radical (unpaired) electrons. The van der Waals surface area contributed by atoms with E-state index in [1.165, 1.54) is 11.3 Å². The molecule has 5 nitrogen and oxygen atoms in total. The molecular formula is C14H19N3O2S2. The minimum Gasteiger partial charge on any atom is -0.313 e. The first-order chi connectivity index (χ1) is 9.92. The van der Waals surface area contributed by atoms with E-state index in [2.05, 4.69) is 15.0 Å². The van der Waals surface area contributed by atoms with Crippen LogP contribution >= 0.6 is 11.3 Å². The number of nitrogens with zero attached hydrogens (tertiary/aromatic N) is 1. The molecule has 0 amide bonds. The summed E-state index contributed by atoms with van der Waals surface area (Å²) in [6.07, 6.45) is 0. The molecule has 2 aromatic rings. The summed E-state index contributed by atoms with van der Waals surface area (Å²) in [5.41, 5.74) is 2.85. The van der Waals surface area contributed by atoms with Gasteiger partial charge in [0.15, 0.2) is 5.13 Å². The number of benzene rings is 1. The van der Waals surface area contributed by atoms with Crippen LogP contribution in [0.1, 0.15) is 23.7 Å². The van der Waals surface area contributed by atoms with Crippen molar-refractivity contribution in [2.45, 2.75) is 32.2 Å². The first kappa shape index (κ1) is 15.9. The average Bonchev–Trinajstić information content (AvgIpc) is 2.82. The Hall–Kier alpha value is -1.44. The largest absolute Gasteiger partial charge is 0.313 e. The number of aryl methyl sites for hydroxylation is 2. The summed E-state index contributed by atoms with van der Waals surface area (Å²) in [5.74, 6) is 0. The van der Waals surface area contributed by atoms with Crippen molar-refractivity contribution in [3.05, 3.63) is 40.4 Å². The van der Waals surface area contributed by atoms with Gasteiger partial charge in [0.2, 0.25) is 0 Å². The Labute approximate surface area is 129 Å². The standard InChI is InChI=1S/C14H19N3O2S2/c1-4-15-8-12-7-13(6-5-10(12)2)21(18,19)17-14-16-11(3)9-20-14/h5-7,9,15H,4,8H2,1-3H3,(H,16,17). The first-order valence-corrected chi connectivity index (χ1v) is 9.04. The maximum absolute atomic E-state index is 12.4. The van der Waals surface area contributed by atoms with Crippen LogP contribution in [0.5, 0.6) is 0 Å². The van der Waals surface area contributed by atoms with E-state index in [0.29, 0.717) is 11.7 Å². The Morgan fingerprint density at radius 2 is 2.05 bits per heavy atom. The van der Waals surface area contributed by atoms with Crippen molar-refractivity contribution in [3.8, 4) is 0 Å². The van der Waals surface area contributed by atoms with Crippen molar-refractivity contribution < 1.29 is 8.42 Å². The van der Waals surface area contributed by atoms with Crippen LogP contribution in [0.2, 0.25) is 0 Å². The van der Waals surface area contributed by atoms with Gasteiger partial charge in [-0.15, -0.1) is 11.3 Å². The van der Waals surface area contributed by atoms with E-state index in [1.807, 2.05) is 32.2 Å². The molecule has 21 heavy (non-hydrogen) atoms. The quantitative estimate of drug-likeness (QED) is 0.856. The number of rotatable bonds is 6. The maximum Gasteiger partial charge on any atom is 0.263 e. The van der Waals surface area contributed by atoms with Crippen LogP contribution in [0.3, 0.4) is 0 Å². The normalized spacial score (nSPS) is 11.6. The maximum atomic E-state index is 12.4. The highest BCUT2D eigenvalue weighted by atomic mass is 32.2. The minimum absolute atomic E-state index is 0.258. The molecule has 0 aliphatic heterocycles. The van der Waals surface area contributed by atoms with Gasteiger partial charge in [-0.1, -0.05) is 13.0 Å². The highest BCUT2D eigenvalue weighted by Crippen LogP contribution is 2.21. The zero-order valence-electron chi connectivity index (χ0n) is 12.3. The number of hydrogen-bond donors (Lipinski definition) is 2. The summed E-state index contributed by atoms with van der Waals surface area (Å²) in [7, 11) is -3.59. The van der Waals surface area contributed by atoms with Gasteiger partial charge in [0.25, 0.3) is 10.0 Å². The summed E-state index contributed by atoms with van der Waals surface area (Å²) >= 11 is 1.28. The van der Waals surface area contributed by atoms with E-state index in [4.69, 9.17) is 0 Å². The summed E-state index contributed by atoms with van der Waals surface area (Å²) in [5, 5.41) is 5.41. The van der Waals surface area contributed by atoms with E-state index in [9.17, 15) is 8.42 Å². The van der Waals surface area contributed by atoms with E-state index in [0.717, 1.165) is 23.4 Å². The number of aromatic nitrogens is 1. The molecule has 0 bridgehead atoms. The van der Waals surface area contributed by atoms with Crippen LogP contribution in [0.25, 0.3) is 0 Å². The van der Waals surface area contributed by atoms with Crippen molar-refractivity contribution in [3.63, 3.8) is 0 Å². The lowest BCUT2D eigenvalue weighted by Gasteiger charge is -2.10. The third kappa shape index (κ3) is 4.03. The predicted octanol–water partition coefficient (Wildman–Crippen LogP) is 2.67. The van der Waals surface area contributed by atoms with Gasteiger partial charge in [-0.25, -0.2) is 13.4 Å². The average molecular weight is 325 g/mol. The summed E-state index contributed by atoms with van der Waals surface area (Å²) in [4.78, 5) is 4.39. The molecule has 2 rings (SSSR count). The van der Waals surface area contributed by atoms with Crippen molar-refractivity contribution in [2.24, 2.45) is 0 Å². The van der Waals surface area contributed by atoms with Crippen molar-refractivity contribution in [1.82, 2.24) is 10.3 Å². The lowest BCUT2D eigenvalue weighted by Crippen LogP contribution is -2.16. The zero-order valence-corrected chi connectivity index (χ0v) is 13.9. The topological polar surface area (TPSA) is 71.1 Å². The van der Waals surface area contributed by atoms with Gasteiger partial charge in [0.1, 0.15) is 0 Å². The number of sulfonamides is 1. The predicted molar refractivity (Wildman–Crippen MR) is 86.2 cm³/mol. The van der Waals surface area contributed by atoms with Crippen LogP contribution in [-0.2, 0) is 16.6 Å². The van der Waals surface area contributed by atoms with E-state index in [-0.39, 0.29) is 4.90 Å². The molecule has 0 saturated heterocycles. The van der Waals surface area contributed by atoms with Gasteiger partial charge in [-0.05, 0) is 43.7 Å².